The van der Waals surface area contributed by atoms with Gasteiger partial charge in [-0.1, -0.05) is 12.1 Å². The van der Waals surface area contributed by atoms with Crippen LogP contribution in [-0.2, 0) is 11.2 Å². The first-order chi connectivity index (χ1) is 13.4. The van der Waals surface area contributed by atoms with E-state index in [0.717, 1.165) is 0 Å². The molecular formula is C20H17BrO7. The number of aliphatic carboxylic acids is 1. The van der Waals surface area contributed by atoms with Gasteiger partial charge < -0.3 is 23.7 Å². The molecule has 0 atom stereocenters. The average molecular weight is 449 g/mol. The maximum absolute atomic E-state index is 12.6. The van der Waals surface area contributed by atoms with E-state index in [1.165, 1.54) is 27.4 Å². The minimum atomic E-state index is -1.02. The lowest BCUT2D eigenvalue weighted by Crippen LogP contribution is -2.06. The monoisotopic (exact) mass is 448 g/mol. The number of carbonyl (C=O) groups is 1. The van der Waals surface area contributed by atoms with Crippen LogP contribution < -0.4 is 19.6 Å². The Morgan fingerprint density at radius 2 is 1.82 bits per heavy atom. The Labute approximate surface area is 168 Å². The molecule has 0 saturated heterocycles. The van der Waals surface area contributed by atoms with Crippen LogP contribution in [0.5, 0.6) is 17.2 Å². The first kappa shape index (κ1) is 19.8. The molecule has 8 heteroatoms. The van der Waals surface area contributed by atoms with E-state index in [-0.39, 0.29) is 23.2 Å². The zero-order valence-electron chi connectivity index (χ0n) is 15.4. The van der Waals surface area contributed by atoms with E-state index < -0.39 is 5.97 Å². The summed E-state index contributed by atoms with van der Waals surface area (Å²) >= 11 is 3.46. The van der Waals surface area contributed by atoms with Gasteiger partial charge in [-0.15, -0.1) is 0 Å². The molecule has 0 spiro atoms. The molecule has 3 aromatic rings. The number of ether oxygens (including phenoxy) is 3. The summed E-state index contributed by atoms with van der Waals surface area (Å²) in [5.74, 6) is 0.365. The van der Waals surface area contributed by atoms with Crippen LogP contribution >= 0.6 is 15.9 Å². The molecule has 28 heavy (non-hydrogen) atoms. The van der Waals surface area contributed by atoms with Crippen LogP contribution in [0.1, 0.15) is 5.56 Å². The van der Waals surface area contributed by atoms with Gasteiger partial charge in [0.2, 0.25) is 5.75 Å². The fraction of sp³-hybridized carbons (Fsp3) is 0.200. The zero-order valence-corrected chi connectivity index (χ0v) is 17.0. The molecule has 0 amide bonds. The second-order valence-electron chi connectivity index (χ2n) is 5.85. The van der Waals surface area contributed by atoms with Crippen LogP contribution in [-0.4, -0.2) is 32.4 Å². The van der Waals surface area contributed by atoms with Crippen molar-refractivity contribution in [1.29, 1.82) is 0 Å². The van der Waals surface area contributed by atoms with Gasteiger partial charge in [0.05, 0.1) is 37.6 Å². The minimum Gasteiger partial charge on any atom is -0.493 e. The molecule has 0 saturated carbocycles. The highest BCUT2D eigenvalue weighted by Crippen LogP contribution is 2.48. The third kappa shape index (κ3) is 3.43. The maximum Gasteiger partial charge on any atom is 0.307 e. The first-order valence-electron chi connectivity index (χ1n) is 8.17. The summed E-state index contributed by atoms with van der Waals surface area (Å²) in [6.45, 7) is 0. The Morgan fingerprint density at radius 3 is 2.43 bits per heavy atom. The molecule has 1 heterocycles. The molecule has 0 radical (unpaired) electrons. The maximum atomic E-state index is 12.6. The third-order valence-electron chi connectivity index (χ3n) is 4.21. The van der Waals surface area contributed by atoms with E-state index in [9.17, 15) is 9.59 Å². The highest BCUT2D eigenvalue weighted by Gasteiger charge is 2.22. The largest absolute Gasteiger partial charge is 0.493 e. The highest BCUT2D eigenvalue weighted by molar-refractivity contribution is 9.10. The van der Waals surface area contributed by atoms with Crippen LogP contribution in [0.4, 0.5) is 0 Å². The van der Waals surface area contributed by atoms with Gasteiger partial charge in [0, 0.05) is 17.2 Å². The number of hydrogen-bond donors (Lipinski definition) is 1. The number of para-hydroxylation sites is 1. The number of fused-ring (bicyclic) bond motifs is 1. The SMILES string of the molecule is COc1cc(-c2cc(=O)c3cccc(CC(=O)O)c3o2)c(Br)c(OC)c1OC. The van der Waals surface area contributed by atoms with Crippen molar-refractivity contribution >= 4 is 32.9 Å². The third-order valence-corrected chi connectivity index (χ3v) is 5.00. The van der Waals surface area contributed by atoms with Crippen LogP contribution in [0, 0.1) is 0 Å². The summed E-state index contributed by atoms with van der Waals surface area (Å²) in [5.41, 5.74) is 0.850. The van der Waals surface area contributed by atoms with Crippen molar-refractivity contribution in [1.82, 2.24) is 0 Å². The van der Waals surface area contributed by atoms with Gasteiger partial charge >= 0.3 is 5.97 Å². The zero-order chi connectivity index (χ0) is 20.4. The standard InChI is InChI=1S/C20H17BrO7/c1-25-15-8-12(17(21)20(27-3)19(15)26-2)14-9-13(22)11-6-4-5-10(7-16(23)24)18(11)28-14/h4-6,8-9H,7H2,1-3H3,(H,23,24). The average Bonchev–Trinajstić information content (AvgIpc) is 2.67. The van der Waals surface area contributed by atoms with Crippen LogP contribution in [0.2, 0.25) is 0 Å². The molecule has 1 N–H and O–H groups in total. The summed E-state index contributed by atoms with van der Waals surface area (Å²) in [6.07, 6.45) is -0.264. The summed E-state index contributed by atoms with van der Waals surface area (Å²) in [7, 11) is 4.45. The van der Waals surface area contributed by atoms with E-state index in [2.05, 4.69) is 15.9 Å². The first-order valence-corrected chi connectivity index (χ1v) is 8.97. The molecule has 0 aliphatic heterocycles. The Hall–Kier alpha value is -3.00. The molecule has 1 aromatic heterocycles. The lowest BCUT2D eigenvalue weighted by molar-refractivity contribution is -0.136. The number of rotatable bonds is 6. The number of carboxylic acids is 1. The fourth-order valence-corrected chi connectivity index (χ4v) is 3.62. The Morgan fingerprint density at radius 1 is 1.11 bits per heavy atom. The van der Waals surface area contributed by atoms with E-state index in [0.29, 0.717) is 38.2 Å². The van der Waals surface area contributed by atoms with Crippen molar-refractivity contribution in [2.45, 2.75) is 6.42 Å². The molecule has 7 nitrogen and oxygen atoms in total. The topological polar surface area (TPSA) is 95.2 Å². The molecule has 2 aromatic carbocycles. The normalized spacial score (nSPS) is 10.7. The molecule has 3 rings (SSSR count). The molecule has 0 aliphatic rings. The van der Waals surface area contributed by atoms with Gasteiger partial charge in [0.25, 0.3) is 0 Å². The Balaban J connectivity index is 2.33. The van der Waals surface area contributed by atoms with Gasteiger partial charge in [0.1, 0.15) is 11.3 Å². The quantitative estimate of drug-likeness (QED) is 0.611. The van der Waals surface area contributed by atoms with E-state index in [1.807, 2.05) is 0 Å². The van der Waals surface area contributed by atoms with Gasteiger partial charge in [-0.2, -0.15) is 0 Å². The molecule has 0 fully saturated rings. The van der Waals surface area contributed by atoms with Crippen molar-refractivity contribution < 1.29 is 28.5 Å². The number of benzene rings is 2. The predicted octanol–water partition coefficient (Wildman–Crippen LogP) is 3.88. The van der Waals surface area contributed by atoms with E-state index >= 15 is 0 Å². The van der Waals surface area contributed by atoms with Crippen molar-refractivity contribution in [3.8, 4) is 28.6 Å². The summed E-state index contributed by atoms with van der Waals surface area (Å²) in [4.78, 5) is 23.8. The Kier molecular flexibility index (Phi) is 5.60. The summed E-state index contributed by atoms with van der Waals surface area (Å²) in [5, 5.41) is 9.46. The molecule has 0 bridgehead atoms. The lowest BCUT2D eigenvalue weighted by Gasteiger charge is -2.16. The van der Waals surface area contributed by atoms with Crippen molar-refractivity contribution in [3.63, 3.8) is 0 Å². The number of halogens is 1. The number of hydrogen-bond acceptors (Lipinski definition) is 6. The second kappa shape index (κ2) is 7.93. The molecule has 0 unspecified atom stereocenters. The fourth-order valence-electron chi connectivity index (χ4n) is 2.97. The highest BCUT2D eigenvalue weighted by atomic mass is 79.9. The van der Waals surface area contributed by atoms with E-state index in [4.69, 9.17) is 23.7 Å². The molecule has 146 valence electrons. The van der Waals surface area contributed by atoms with Crippen LogP contribution in [0.15, 0.2) is 44.0 Å². The minimum absolute atomic E-state index is 0.230. The van der Waals surface area contributed by atoms with Gasteiger partial charge in [0.15, 0.2) is 16.9 Å². The van der Waals surface area contributed by atoms with Crippen LogP contribution in [0.3, 0.4) is 0 Å². The summed E-state index contributed by atoms with van der Waals surface area (Å²) < 4.78 is 22.6. The molecular weight excluding hydrogens is 432 g/mol. The van der Waals surface area contributed by atoms with Crippen LogP contribution in [0.25, 0.3) is 22.3 Å². The van der Waals surface area contributed by atoms with Gasteiger partial charge in [-0.25, -0.2) is 0 Å². The van der Waals surface area contributed by atoms with E-state index in [1.54, 1.807) is 24.3 Å². The smallest absolute Gasteiger partial charge is 0.307 e. The van der Waals surface area contributed by atoms with Crippen molar-refractivity contribution in [2.75, 3.05) is 21.3 Å². The lowest BCUT2D eigenvalue weighted by atomic mass is 10.1. The predicted molar refractivity (Wildman–Crippen MR) is 107 cm³/mol. The van der Waals surface area contributed by atoms with Gasteiger partial charge in [-0.3, -0.25) is 9.59 Å². The van der Waals surface area contributed by atoms with Crippen molar-refractivity contribution in [3.05, 3.63) is 50.6 Å². The number of methoxy groups -OCH3 is 3. The second-order valence-corrected chi connectivity index (χ2v) is 6.64. The molecule has 0 aliphatic carbocycles. The Bertz CT molecular complexity index is 1120. The van der Waals surface area contributed by atoms with Gasteiger partial charge in [-0.05, 0) is 28.1 Å². The van der Waals surface area contributed by atoms with Crippen molar-refractivity contribution in [2.24, 2.45) is 0 Å². The number of carboxylic acid groups (broad SMARTS) is 1. The summed E-state index contributed by atoms with van der Waals surface area (Å²) in [6, 6.07) is 7.84.